The highest BCUT2D eigenvalue weighted by Gasteiger charge is 2.38. The van der Waals surface area contributed by atoms with Gasteiger partial charge in [-0.3, -0.25) is 19.8 Å². The highest BCUT2D eigenvalue weighted by molar-refractivity contribution is 7.80. The summed E-state index contributed by atoms with van der Waals surface area (Å²) in [6, 6.07) is 14.5. The van der Waals surface area contributed by atoms with Gasteiger partial charge >= 0.3 is 0 Å². The van der Waals surface area contributed by atoms with E-state index < -0.39 is 0 Å². The molecule has 2 aromatic rings. The van der Waals surface area contributed by atoms with Gasteiger partial charge in [-0.05, 0) is 36.1 Å². The Morgan fingerprint density at radius 2 is 1.81 bits per heavy atom. The van der Waals surface area contributed by atoms with Crippen LogP contribution in [0.4, 0.5) is 5.69 Å². The van der Waals surface area contributed by atoms with E-state index >= 15 is 0 Å². The van der Waals surface area contributed by atoms with Gasteiger partial charge in [-0.15, -0.1) is 0 Å². The summed E-state index contributed by atoms with van der Waals surface area (Å²) < 4.78 is 0. The van der Waals surface area contributed by atoms with Gasteiger partial charge in [-0.25, -0.2) is 0 Å². The zero-order valence-electron chi connectivity index (χ0n) is 18.3. The van der Waals surface area contributed by atoms with E-state index in [1.54, 1.807) is 0 Å². The van der Waals surface area contributed by atoms with Gasteiger partial charge in [0, 0.05) is 56.9 Å². The Morgan fingerprint density at radius 3 is 2.56 bits per heavy atom. The monoisotopic (exact) mass is 448 g/mol. The summed E-state index contributed by atoms with van der Waals surface area (Å²) in [6.45, 7) is 7.75. The Balaban J connectivity index is 1.27. The maximum atomic E-state index is 12.4. The predicted octanol–water partition coefficient (Wildman–Crippen LogP) is 2.61. The van der Waals surface area contributed by atoms with Crippen LogP contribution in [-0.2, 0) is 22.7 Å². The fraction of sp³-hybridized carbons (Fsp3) is 0.400. The number of imide groups is 1. The Hall–Kier alpha value is -2.77. The summed E-state index contributed by atoms with van der Waals surface area (Å²) >= 11 is 5.75. The number of hydrogen-bond acceptors (Lipinski definition) is 5. The maximum absolute atomic E-state index is 12.4. The lowest BCUT2D eigenvalue weighted by atomic mass is 10.0. The number of aryl methyl sites for hydroxylation is 1. The van der Waals surface area contributed by atoms with Crippen molar-refractivity contribution in [2.45, 2.75) is 38.9 Å². The smallest absolute Gasteiger partial charge is 0.249 e. The van der Waals surface area contributed by atoms with Crippen LogP contribution in [0.1, 0.15) is 35.1 Å². The molecule has 3 aliphatic rings. The number of para-hydroxylation sites is 1. The first-order valence-corrected chi connectivity index (χ1v) is 11.7. The normalized spacial score (nSPS) is 21.7. The molecule has 1 atom stereocenters. The van der Waals surface area contributed by atoms with E-state index in [1.165, 1.54) is 22.4 Å². The second-order valence-electron chi connectivity index (χ2n) is 8.89. The molecule has 5 rings (SSSR count). The van der Waals surface area contributed by atoms with Crippen LogP contribution in [0.25, 0.3) is 0 Å². The number of piperidine rings is 1. The number of carbonyl (C=O) groups is 2. The molecule has 2 amide bonds. The average Bonchev–Trinajstić information content (AvgIpc) is 3.12. The van der Waals surface area contributed by atoms with Crippen LogP contribution < -0.4 is 10.2 Å². The Bertz CT molecular complexity index is 1080. The van der Waals surface area contributed by atoms with E-state index in [-0.39, 0.29) is 17.9 Å². The standard InChI is InChI=1S/C25H28N4O2S/c1-17-5-2-3-8-21(17)28-13-11-27(12-14-28)15-18-6-4-7-19-20(18)16-29(25(19)32)22-9-10-23(30)26-24(22)31/h2-8,22H,9-16H2,1H3,(H,26,30,31). The molecular formula is C25H28N4O2S. The lowest BCUT2D eigenvalue weighted by Crippen LogP contribution is -2.52. The van der Waals surface area contributed by atoms with E-state index in [1.807, 2.05) is 4.90 Å². The number of benzene rings is 2. The number of piperazine rings is 1. The zero-order valence-corrected chi connectivity index (χ0v) is 19.2. The summed E-state index contributed by atoms with van der Waals surface area (Å²) in [5.74, 6) is -0.426. The topological polar surface area (TPSA) is 55.9 Å². The van der Waals surface area contributed by atoms with Gasteiger partial charge in [-0.2, -0.15) is 0 Å². The number of anilines is 1. The SMILES string of the molecule is Cc1ccccc1N1CCN(Cc2cccc3c2CN(C2CCC(=O)NC2=O)C3=S)CC1. The van der Waals surface area contributed by atoms with Gasteiger partial charge < -0.3 is 9.80 Å². The second-order valence-corrected chi connectivity index (χ2v) is 9.28. The first-order valence-electron chi connectivity index (χ1n) is 11.3. The van der Waals surface area contributed by atoms with Gasteiger partial charge in [0.2, 0.25) is 11.8 Å². The van der Waals surface area contributed by atoms with Crippen molar-refractivity contribution in [2.24, 2.45) is 0 Å². The van der Waals surface area contributed by atoms with Crippen molar-refractivity contribution >= 4 is 34.7 Å². The number of nitrogens with one attached hydrogen (secondary N) is 1. The first-order chi connectivity index (χ1) is 15.5. The Labute approximate surface area is 194 Å². The summed E-state index contributed by atoms with van der Waals surface area (Å²) in [5, 5.41) is 2.46. The third-order valence-corrected chi connectivity index (χ3v) is 7.36. The number of fused-ring (bicyclic) bond motifs is 1. The van der Waals surface area contributed by atoms with E-state index in [0.717, 1.165) is 43.3 Å². The number of hydrogen-bond donors (Lipinski definition) is 1. The minimum atomic E-state index is -0.363. The van der Waals surface area contributed by atoms with E-state index in [0.29, 0.717) is 19.4 Å². The zero-order chi connectivity index (χ0) is 22.2. The van der Waals surface area contributed by atoms with Crippen LogP contribution >= 0.6 is 12.2 Å². The van der Waals surface area contributed by atoms with Gasteiger partial charge in [-0.1, -0.05) is 48.6 Å². The quantitative estimate of drug-likeness (QED) is 0.573. The summed E-state index contributed by atoms with van der Waals surface area (Å²) in [5.41, 5.74) is 6.22. The van der Waals surface area contributed by atoms with E-state index in [4.69, 9.17) is 12.2 Å². The molecule has 166 valence electrons. The molecule has 1 unspecified atom stereocenters. The van der Waals surface area contributed by atoms with Crippen LogP contribution in [0.15, 0.2) is 42.5 Å². The lowest BCUT2D eigenvalue weighted by molar-refractivity contribution is -0.136. The van der Waals surface area contributed by atoms with Crippen molar-refractivity contribution in [2.75, 3.05) is 31.1 Å². The van der Waals surface area contributed by atoms with Crippen molar-refractivity contribution in [3.05, 3.63) is 64.7 Å². The summed E-state index contributed by atoms with van der Waals surface area (Å²) in [7, 11) is 0. The number of rotatable bonds is 4. The van der Waals surface area contributed by atoms with Crippen LogP contribution in [0.5, 0.6) is 0 Å². The third-order valence-electron chi connectivity index (χ3n) is 6.90. The second kappa shape index (κ2) is 8.64. The largest absolute Gasteiger partial charge is 0.369 e. The van der Waals surface area contributed by atoms with Crippen LogP contribution in [0.2, 0.25) is 0 Å². The molecule has 2 fully saturated rings. The maximum Gasteiger partial charge on any atom is 0.249 e. The molecule has 0 aliphatic carbocycles. The summed E-state index contributed by atoms with van der Waals surface area (Å²) in [4.78, 5) is 31.7. The molecule has 32 heavy (non-hydrogen) atoms. The molecule has 2 saturated heterocycles. The average molecular weight is 449 g/mol. The Kier molecular flexibility index (Phi) is 5.69. The number of amides is 2. The highest BCUT2D eigenvalue weighted by Crippen LogP contribution is 2.31. The highest BCUT2D eigenvalue weighted by atomic mass is 32.1. The fourth-order valence-electron chi connectivity index (χ4n) is 5.10. The number of nitrogens with zero attached hydrogens (tertiary/aromatic N) is 3. The molecular weight excluding hydrogens is 420 g/mol. The molecule has 0 bridgehead atoms. The molecule has 6 nitrogen and oxygen atoms in total. The van der Waals surface area contributed by atoms with Crippen molar-refractivity contribution in [3.63, 3.8) is 0 Å². The van der Waals surface area contributed by atoms with Crippen molar-refractivity contribution in [1.82, 2.24) is 15.1 Å². The molecule has 0 spiro atoms. The van der Waals surface area contributed by atoms with Crippen molar-refractivity contribution in [3.8, 4) is 0 Å². The Morgan fingerprint density at radius 1 is 1.03 bits per heavy atom. The summed E-state index contributed by atoms with van der Waals surface area (Å²) in [6.07, 6.45) is 0.888. The van der Waals surface area contributed by atoms with Crippen molar-refractivity contribution < 1.29 is 9.59 Å². The molecule has 1 N–H and O–H groups in total. The van der Waals surface area contributed by atoms with E-state index in [2.05, 4.69) is 64.5 Å². The number of carbonyl (C=O) groups excluding carboxylic acids is 2. The molecule has 2 aromatic carbocycles. The lowest BCUT2D eigenvalue weighted by Gasteiger charge is -2.37. The molecule has 3 heterocycles. The molecule has 0 saturated carbocycles. The third kappa shape index (κ3) is 3.91. The molecule has 0 radical (unpaired) electrons. The van der Waals surface area contributed by atoms with Gasteiger partial charge in [0.1, 0.15) is 11.0 Å². The van der Waals surface area contributed by atoms with Crippen molar-refractivity contribution in [1.29, 1.82) is 0 Å². The van der Waals surface area contributed by atoms with Crippen LogP contribution in [-0.4, -0.2) is 58.8 Å². The first kappa shape index (κ1) is 21.1. The molecule has 0 aromatic heterocycles. The van der Waals surface area contributed by atoms with Crippen LogP contribution in [0.3, 0.4) is 0 Å². The van der Waals surface area contributed by atoms with Gasteiger partial charge in [0.15, 0.2) is 0 Å². The minimum Gasteiger partial charge on any atom is -0.369 e. The molecule has 3 aliphatic heterocycles. The van der Waals surface area contributed by atoms with E-state index in [9.17, 15) is 9.59 Å². The fourth-order valence-corrected chi connectivity index (χ4v) is 5.49. The van der Waals surface area contributed by atoms with Gasteiger partial charge in [0.05, 0.1) is 0 Å². The minimum absolute atomic E-state index is 0.195. The molecule has 7 heteroatoms. The predicted molar refractivity (Wildman–Crippen MR) is 129 cm³/mol. The number of thiocarbonyl (C=S) groups is 1. The van der Waals surface area contributed by atoms with Crippen LogP contribution in [0, 0.1) is 6.92 Å². The van der Waals surface area contributed by atoms with Gasteiger partial charge in [0.25, 0.3) is 0 Å².